The number of para-hydroxylation sites is 1. The molecule has 1 aliphatic heterocycles. The first-order valence-electron chi connectivity index (χ1n) is 6.54. The highest BCUT2D eigenvalue weighted by molar-refractivity contribution is 6.29. The summed E-state index contributed by atoms with van der Waals surface area (Å²) < 4.78 is 0. The van der Waals surface area contributed by atoms with Crippen LogP contribution >= 0.6 is 0 Å². The van der Waals surface area contributed by atoms with Crippen LogP contribution in [-0.4, -0.2) is 22.8 Å². The van der Waals surface area contributed by atoms with E-state index in [2.05, 4.69) is 4.98 Å². The van der Waals surface area contributed by atoms with Crippen molar-refractivity contribution in [2.45, 2.75) is 0 Å². The lowest BCUT2D eigenvalue weighted by atomic mass is 10.1. The number of nitrogens with one attached hydrogen (secondary N) is 2. The molecule has 2 N–H and O–H groups in total. The van der Waals surface area contributed by atoms with Crippen molar-refractivity contribution in [2.24, 2.45) is 0 Å². The molecule has 1 aromatic carbocycles. The molecule has 0 atom stereocenters. The van der Waals surface area contributed by atoms with Gasteiger partial charge in [-0.3, -0.25) is 25.2 Å². The molecule has 1 aromatic heterocycles. The van der Waals surface area contributed by atoms with Gasteiger partial charge in [0.15, 0.2) is 0 Å². The van der Waals surface area contributed by atoms with Crippen LogP contribution in [0.4, 0.5) is 4.79 Å². The van der Waals surface area contributed by atoms with Crippen LogP contribution in [0, 0.1) is 0 Å². The Morgan fingerprint density at radius 3 is 2.45 bits per heavy atom. The van der Waals surface area contributed by atoms with Crippen molar-refractivity contribution in [3.05, 3.63) is 59.8 Å². The van der Waals surface area contributed by atoms with Crippen molar-refractivity contribution < 1.29 is 14.4 Å². The molecule has 2 aromatic rings. The average molecular weight is 293 g/mol. The third kappa shape index (κ3) is 2.62. The maximum Gasteiger partial charge on any atom is 0.328 e. The number of nitrogens with zero attached hydrogens (tertiary/aromatic N) is 1. The quantitative estimate of drug-likeness (QED) is 0.649. The highest BCUT2D eigenvalue weighted by Crippen LogP contribution is 2.17. The van der Waals surface area contributed by atoms with Crippen LogP contribution in [0.3, 0.4) is 0 Å². The summed E-state index contributed by atoms with van der Waals surface area (Å²) in [4.78, 5) is 38.3. The lowest BCUT2D eigenvalue weighted by Crippen LogP contribution is -2.51. The molecule has 0 radical (unpaired) electrons. The summed E-state index contributed by atoms with van der Waals surface area (Å²) in [6.07, 6.45) is 6.42. The standard InChI is InChI=1S/C16H11N3O3/c20-14-12(15(21)19-16(22)18-14)6-3-4-10-8-9-17-13-7-2-1-5-11(10)13/h1-9H,(H2,18,19,20,21,22)/b4-3+. The van der Waals surface area contributed by atoms with Gasteiger partial charge in [-0.25, -0.2) is 4.79 Å². The molecular formula is C16H11N3O3. The number of aromatic nitrogens is 1. The second-order valence-corrected chi connectivity index (χ2v) is 4.59. The second kappa shape index (κ2) is 5.61. The third-order valence-electron chi connectivity index (χ3n) is 3.16. The fourth-order valence-electron chi connectivity index (χ4n) is 2.14. The van der Waals surface area contributed by atoms with Gasteiger partial charge in [0, 0.05) is 11.6 Å². The Balaban J connectivity index is 1.90. The highest BCUT2D eigenvalue weighted by atomic mass is 16.2. The highest BCUT2D eigenvalue weighted by Gasteiger charge is 2.26. The minimum absolute atomic E-state index is 0.116. The number of fused-ring (bicyclic) bond motifs is 1. The van der Waals surface area contributed by atoms with Crippen molar-refractivity contribution in [1.82, 2.24) is 15.6 Å². The van der Waals surface area contributed by atoms with Gasteiger partial charge >= 0.3 is 6.03 Å². The van der Waals surface area contributed by atoms with Crippen LogP contribution in [0.15, 0.2) is 54.3 Å². The van der Waals surface area contributed by atoms with Gasteiger partial charge in [0.25, 0.3) is 11.8 Å². The molecule has 1 saturated heterocycles. The lowest BCUT2D eigenvalue weighted by Gasteiger charge is -2.13. The van der Waals surface area contributed by atoms with Crippen LogP contribution in [0.2, 0.25) is 0 Å². The Morgan fingerprint density at radius 2 is 1.68 bits per heavy atom. The minimum Gasteiger partial charge on any atom is -0.273 e. The summed E-state index contributed by atoms with van der Waals surface area (Å²) in [5.41, 5.74) is 1.65. The maximum absolute atomic E-state index is 11.6. The van der Waals surface area contributed by atoms with Gasteiger partial charge in [0.1, 0.15) is 5.57 Å². The van der Waals surface area contributed by atoms with Crippen LogP contribution < -0.4 is 10.6 Å². The van der Waals surface area contributed by atoms with E-state index >= 15 is 0 Å². The number of amides is 4. The molecule has 108 valence electrons. The van der Waals surface area contributed by atoms with E-state index in [0.717, 1.165) is 16.5 Å². The first kappa shape index (κ1) is 13.7. The summed E-state index contributed by atoms with van der Waals surface area (Å²) in [5.74, 6) is -1.42. The fourth-order valence-corrected chi connectivity index (χ4v) is 2.14. The number of barbiturate groups is 1. The van der Waals surface area contributed by atoms with Crippen LogP contribution in [0.25, 0.3) is 17.0 Å². The number of imide groups is 2. The zero-order valence-corrected chi connectivity index (χ0v) is 11.4. The number of benzene rings is 1. The minimum atomic E-state index is -0.809. The Bertz CT molecular complexity index is 825. The number of urea groups is 1. The molecule has 6 nitrogen and oxygen atoms in total. The van der Waals surface area contributed by atoms with Gasteiger partial charge in [0.05, 0.1) is 5.52 Å². The van der Waals surface area contributed by atoms with E-state index < -0.39 is 17.8 Å². The van der Waals surface area contributed by atoms with E-state index in [1.807, 2.05) is 41.0 Å². The second-order valence-electron chi connectivity index (χ2n) is 4.59. The zero-order chi connectivity index (χ0) is 15.5. The topological polar surface area (TPSA) is 88.2 Å². The number of carbonyl (C=O) groups is 3. The number of pyridine rings is 1. The van der Waals surface area contributed by atoms with Gasteiger partial charge in [0.2, 0.25) is 0 Å². The normalized spacial score (nSPS) is 15.1. The van der Waals surface area contributed by atoms with Gasteiger partial charge in [-0.1, -0.05) is 30.4 Å². The molecule has 0 bridgehead atoms. The smallest absolute Gasteiger partial charge is 0.273 e. The summed E-state index contributed by atoms with van der Waals surface area (Å²) in [5, 5.41) is 5.00. The molecule has 3 rings (SSSR count). The van der Waals surface area contributed by atoms with Gasteiger partial charge in [-0.15, -0.1) is 0 Å². The van der Waals surface area contributed by atoms with E-state index in [1.165, 1.54) is 6.08 Å². The number of hydrogen-bond donors (Lipinski definition) is 2. The van der Waals surface area contributed by atoms with E-state index in [1.54, 1.807) is 18.3 Å². The molecule has 2 heterocycles. The maximum atomic E-state index is 11.6. The van der Waals surface area contributed by atoms with E-state index in [4.69, 9.17) is 0 Å². The summed E-state index contributed by atoms with van der Waals surface area (Å²) >= 11 is 0. The molecule has 0 unspecified atom stereocenters. The third-order valence-corrected chi connectivity index (χ3v) is 3.16. The zero-order valence-electron chi connectivity index (χ0n) is 11.4. The molecule has 22 heavy (non-hydrogen) atoms. The van der Waals surface area contributed by atoms with Gasteiger partial charge < -0.3 is 0 Å². The Kier molecular flexibility index (Phi) is 3.49. The van der Waals surface area contributed by atoms with Crippen molar-refractivity contribution in [1.29, 1.82) is 0 Å². The Labute approximate surface area is 125 Å². The van der Waals surface area contributed by atoms with E-state index in [0.29, 0.717) is 0 Å². The van der Waals surface area contributed by atoms with Crippen LogP contribution in [-0.2, 0) is 9.59 Å². The van der Waals surface area contributed by atoms with Crippen molar-refractivity contribution >= 4 is 34.8 Å². The van der Waals surface area contributed by atoms with Gasteiger partial charge in [-0.2, -0.15) is 0 Å². The summed E-state index contributed by atoms with van der Waals surface area (Å²) in [6.45, 7) is 0. The van der Waals surface area contributed by atoms with Crippen LogP contribution in [0.5, 0.6) is 0 Å². The van der Waals surface area contributed by atoms with Crippen molar-refractivity contribution in [3.8, 4) is 0 Å². The monoisotopic (exact) mass is 293 g/mol. The predicted octanol–water partition coefficient (Wildman–Crippen LogP) is 1.54. The molecule has 6 heteroatoms. The number of allylic oxidation sites excluding steroid dienone is 2. The summed E-state index contributed by atoms with van der Waals surface area (Å²) in [6, 6.07) is 8.68. The first-order chi connectivity index (χ1) is 10.6. The van der Waals surface area contributed by atoms with Crippen LogP contribution in [0.1, 0.15) is 5.56 Å². The SMILES string of the molecule is O=C1NC(=O)C(=C/C=C/c2ccnc3ccccc23)C(=O)N1. The first-order valence-corrected chi connectivity index (χ1v) is 6.54. The Hall–Kier alpha value is -3.28. The molecule has 0 saturated carbocycles. The Morgan fingerprint density at radius 1 is 0.955 bits per heavy atom. The summed E-state index contributed by atoms with van der Waals surface area (Å²) in [7, 11) is 0. The number of hydrogen-bond acceptors (Lipinski definition) is 4. The average Bonchev–Trinajstić information content (AvgIpc) is 2.50. The number of carbonyl (C=O) groups excluding carboxylic acids is 3. The lowest BCUT2D eigenvalue weighted by molar-refractivity contribution is -0.124. The molecule has 0 aliphatic carbocycles. The van der Waals surface area contributed by atoms with Gasteiger partial charge in [-0.05, 0) is 23.8 Å². The largest absolute Gasteiger partial charge is 0.328 e. The molecule has 1 fully saturated rings. The predicted molar refractivity (Wildman–Crippen MR) is 80.5 cm³/mol. The van der Waals surface area contributed by atoms with Crippen molar-refractivity contribution in [3.63, 3.8) is 0 Å². The number of rotatable bonds is 2. The van der Waals surface area contributed by atoms with Crippen molar-refractivity contribution in [2.75, 3.05) is 0 Å². The van der Waals surface area contributed by atoms with E-state index in [9.17, 15) is 14.4 Å². The molecule has 0 spiro atoms. The molecular weight excluding hydrogens is 282 g/mol. The molecule has 1 aliphatic rings. The fraction of sp³-hybridized carbons (Fsp3) is 0. The van der Waals surface area contributed by atoms with E-state index in [-0.39, 0.29) is 5.57 Å². The molecule has 4 amide bonds.